The van der Waals surface area contributed by atoms with E-state index in [1.807, 2.05) is 0 Å². The van der Waals surface area contributed by atoms with Gasteiger partial charge in [-0.3, -0.25) is 4.79 Å². The van der Waals surface area contributed by atoms with Gasteiger partial charge >= 0.3 is 0 Å². The normalized spacial score (nSPS) is 12.6. The van der Waals surface area contributed by atoms with Crippen molar-refractivity contribution in [2.24, 2.45) is 0 Å². The largest absolute Gasteiger partial charge is 0.298 e. The quantitative estimate of drug-likeness (QED) is 0.462. The molecule has 0 aliphatic rings. The van der Waals surface area contributed by atoms with Crippen molar-refractivity contribution >= 4 is 88.0 Å². The molecule has 0 radical (unpaired) electrons. The third kappa shape index (κ3) is 5.45. The molecule has 0 spiro atoms. The van der Waals surface area contributed by atoms with Gasteiger partial charge in [0.2, 0.25) is 7.59 Å². The number of hydrogen-bond acceptors (Lipinski definition) is 4. The lowest BCUT2D eigenvalue weighted by molar-refractivity contribution is 0.112. The first-order chi connectivity index (χ1) is 11.1. The molecule has 0 amide bonds. The Hall–Kier alpha value is -0.620. The highest BCUT2D eigenvalue weighted by Crippen LogP contribution is 2.39. The van der Waals surface area contributed by atoms with Crippen molar-refractivity contribution in [2.75, 3.05) is 0 Å². The molecule has 0 atom stereocenters. The fourth-order valence-electron chi connectivity index (χ4n) is 1.58. The van der Waals surface area contributed by atoms with Gasteiger partial charge in [0.05, 0.1) is 0 Å². The summed E-state index contributed by atoms with van der Waals surface area (Å²) in [5, 5.41) is 0. The number of aldehydes is 1. The molecule has 0 N–H and O–H groups in total. The van der Waals surface area contributed by atoms with Gasteiger partial charge in [-0.2, -0.15) is 0 Å². The second-order valence-corrected chi connectivity index (χ2v) is 9.02. The van der Waals surface area contributed by atoms with E-state index in [4.69, 9.17) is 69.6 Å². The van der Waals surface area contributed by atoms with Gasteiger partial charge < -0.3 is 0 Å². The number of alkyl halides is 6. The maximum atomic E-state index is 10.6. The number of hydrogen-bond donors (Lipinski definition) is 0. The van der Waals surface area contributed by atoms with E-state index >= 15 is 0 Å². The molecule has 1 aromatic heterocycles. The number of benzene rings is 1. The van der Waals surface area contributed by atoms with Crippen LogP contribution in [0.15, 0.2) is 24.3 Å². The van der Waals surface area contributed by atoms with Crippen molar-refractivity contribution in [3.05, 3.63) is 52.9 Å². The lowest BCUT2D eigenvalue weighted by Gasteiger charge is -2.14. The maximum Gasteiger partial charge on any atom is 0.250 e. The SMILES string of the molecule is O=Cc1ccc(C=Cc2nc(C(Cl)(Cl)Cl)nc(C(Cl)(Cl)Cl)n2)cc1. The van der Waals surface area contributed by atoms with Gasteiger partial charge in [0.25, 0.3) is 0 Å². The van der Waals surface area contributed by atoms with Gasteiger partial charge in [-0.1, -0.05) is 99.9 Å². The van der Waals surface area contributed by atoms with Crippen LogP contribution in [0.2, 0.25) is 0 Å². The van der Waals surface area contributed by atoms with Crippen LogP contribution >= 0.6 is 69.6 Å². The van der Waals surface area contributed by atoms with Crippen molar-refractivity contribution in [1.29, 1.82) is 0 Å². The first-order valence-electron chi connectivity index (χ1n) is 6.23. The zero-order valence-electron chi connectivity index (χ0n) is 11.6. The Morgan fingerprint density at radius 2 is 1.17 bits per heavy atom. The van der Waals surface area contributed by atoms with Crippen molar-refractivity contribution < 1.29 is 4.79 Å². The standard InChI is InChI=1S/C14H7Cl6N3O/c15-13(16,17)11-21-10(22-12(23-11)14(18,19)20)6-5-8-1-3-9(7-24)4-2-8/h1-7H. The molecule has 1 heterocycles. The summed E-state index contributed by atoms with van der Waals surface area (Å²) in [6.45, 7) is 0. The number of carbonyl (C=O) groups is 1. The zero-order valence-corrected chi connectivity index (χ0v) is 16.1. The Kier molecular flexibility index (Phi) is 6.35. The number of rotatable bonds is 3. The average molecular weight is 446 g/mol. The molecule has 2 rings (SSSR count). The molecular weight excluding hydrogens is 439 g/mol. The fourth-order valence-corrected chi connectivity index (χ4v) is 2.08. The van der Waals surface area contributed by atoms with Gasteiger partial charge in [-0.25, -0.2) is 15.0 Å². The second-order valence-electron chi connectivity index (χ2n) is 4.45. The van der Waals surface area contributed by atoms with E-state index < -0.39 is 7.59 Å². The molecule has 0 saturated heterocycles. The van der Waals surface area contributed by atoms with Crippen molar-refractivity contribution in [1.82, 2.24) is 15.0 Å². The van der Waals surface area contributed by atoms with Crippen molar-refractivity contribution in [3.8, 4) is 0 Å². The number of aromatic nitrogens is 3. The van der Waals surface area contributed by atoms with Crippen LogP contribution in [0.25, 0.3) is 12.2 Å². The topological polar surface area (TPSA) is 55.7 Å². The summed E-state index contributed by atoms with van der Waals surface area (Å²) in [4.78, 5) is 22.6. The molecule has 0 aliphatic heterocycles. The average Bonchev–Trinajstić information content (AvgIpc) is 2.51. The smallest absolute Gasteiger partial charge is 0.250 e. The van der Waals surface area contributed by atoms with Gasteiger partial charge in [0.15, 0.2) is 17.5 Å². The van der Waals surface area contributed by atoms with Crippen LogP contribution in [0.1, 0.15) is 33.4 Å². The van der Waals surface area contributed by atoms with Gasteiger partial charge in [-0.05, 0) is 11.6 Å². The molecular formula is C14H7Cl6N3O. The molecule has 0 bridgehead atoms. The van der Waals surface area contributed by atoms with Gasteiger partial charge in [-0.15, -0.1) is 0 Å². The molecule has 10 heteroatoms. The minimum Gasteiger partial charge on any atom is -0.298 e. The Bertz CT molecular complexity index is 733. The number of halogens is 6. The molecule has 0 fully saturated rings. The first kappa shape index (κ1) is 19.7. The summed E-state index contributed by atoms with van der Waals surface area (Å²) in [6.07, 6.45) is 3.98. The van der Waals surface area contributed by atoms with Gasteiger partial charge in [0, 0.05) is 5.56 Å². The van der Waals surface area contributed by atoms with Crippen LogP contribution in [-0.2, 0) is 7.59 Å². The molecule has 24 heavy (non-hydrogen) atoms. The predicted molar refractivity (Wildman–Crippen MR) is 99.1 cm³/mol. The molecule has 0 aliphatic carbocycles. The summed E-state index contributed by atoms with van der Waals surface area (Å²) in [6, 6.07) is 6.82. The van der Waals surface area contributed by atoms with E-state index in [0.717, 1.165) is 11.8 Å². The van der Waals surface area contributed by atoms with Crippen LogP contribution in [0.3, 0.4) is 0 Å². The lowest BCUT2D eigenvalue weighted by Crippen LogP contribution is -2.16. The molecule has 0 saturated carbocycles. The Morgan fingerprint density at radius 1 is 0.708 bits per heavy atom. The second kappa shape index (κ2) is 7.73. The lowest BCUT2D eigenvalue weighted by atomic mass is 10.1. The van der Waals surface area contributed by atoms with Crippen molar-refractivity contribution in [3.63, 3.8) is 0 Å². The molecule has 1 aromatic carbocycles. The van der Waals surface area contributed by atoms with E-state index in [1.54, 1.807) is 30.3 Å². The summed E-state index contributed by atoms with van der Waals surface area (Å²) in [5.41, 5.74) is 1.36. The van der Waals surface area contributed by atoms with E-state index in [2.05, 4.69) is 15.0 Å². The number of carbonyl (C=O) groups excluding carboxylic acids is 1. The highest BCUT2D eigenvalue weighted by atomic mass is 35.6. The van der Waals surface area contributed by atoms with Crippen LogP contribution in [0.4, 0.5) is 0 Å². The van der Waals surface area contributed by atoms with Crippen LogP contribution in [0.5, 0.6) is 0 Å². The first-order valence-corrected chi connectivity index (χ1v) is 8.50. The summed E-state index contributed by atoms with van der Waals surface area (Å²) in [7, 11) is 0. The van der Waals surface area contributed by atoms with Crippen LogP contribution in [-0.4, -0.2) is 21.2 Å². The molecule has 126 valence electrons. The van der Waals surface area contributed by atoms with E-state index in [1.165, 1.54) is 6.08 Å². The van der Waals surface area contributed by atoms with Crippen LogP contribution < -0.4 is 0 Å². The molecule has 0 unspecified atom stereocenters. The Labute approximate surface area is 167 Å². The minimum atomic E-state index is -1.90. The summed E-state index contributed by atoms with van der Waals surface area (Å²) >= 11 is 34.8. The summed E-state index contributed by atoms with van der Waals surface area (Å²) < 4.78 is -3.80. The Morgan fingerprint density at radius 3 is 1.58 bits per heavy atom. The predicted octanol–water partition coefficient (Wildman–Crippen LogP) is 5.51. The van der Waals surface area contributed by atoms with E-state index in [-0.39, 0.29) is 17.5 Å². The maximum absolute atomic E-state index is 10.6. The third-order valence-electron chi connectivity index (χ3n) is 2.66. The molecule has 2 aromatic rings. The Balaban J connectivity index is 2.41. The van der Waals surface area contributed by atoms with E-state index in [9.17, 15) is 4.79 Å². The summed E-state index contributed by atoms with van der Waals surface area (Å²) in [5.74, 6) is -0.188. The highest BCUT2D eigenvalue weighted by molar-refractivity contribution is 6.67. The zero-order chi connectivity index (χ0) is 18.0. The monoisotopic (exact) mass is 443 g/mol. The van der Waals surface area contributed by atoms with E-state index in [0.29, 0.717) is 5.56 Å². The number of nitrogens with zero attached hydrogens (tertiary/aromatic N) is 3. The van der Waals surface area contributed by atoms with Crippen molar-refractivity contribution in [2.45, 2.75) is 7.59 Å². The fraction of sp³-hybridized carbons (Fsp3) is 0.143. The molecule has 4 nitrogen and oxygen atoms in total. The van der Waals surface area contributed by atoms with Gasteiger partial charge in [0.1, 0.15) is 6.29 Å². The third-order valence-corrected chi connectivity index (χ3v) is 3.67. The van der Waals surface area contributed by atoms with Crippen LogP contribution in [0, 0.1) is 0 Å². The minimum absolute atomic E-state index is 0.145. The highest BCUT2D eigenvalue weighted by Gasteiger charge is 2.33.